The Morgan fingerprint density at radius 3 is 2.44 bits per heavy atom. The number of hydrogen-bond donors (Lipinski definition) is 1. The lowest BCUT2D eigenvalue weighted by Gasteiger charge is -2.23. The van der Waals surface area contributed by atoms with Crippen LogP contribution >= 0.6 is 0 Å². The molecule has 5 heteroatoms. The van der Waals surface area contributed by atoms with Crippen molar-refractivity contribution >= 4 is 17.8 Å². The molecule has 18 heavy (non-hydrogen) atoms. The number of carbonyl (C=O) groups is 3. The molecule has 0 aromatic heterocycles. The minimum atomic E-state index is -0.801. The summed E-state index contributed by atoms with van der Waals surface area (Å²) in [6.07, 6.45) is 2.25. The number of rotatable bonds is 6. The summed E-state index contributed by atoms with van der Waals surface area (Å²) >= 11 is 0. The molecule has 0 bridgehead atoms. The Morgan fingerprint density at radius 2 is 2.00 bits per heavy atom. The largest absolute Gasteiger partial charge is 0.481 e. The van der Waals surface area contributed by atoms with Crippen LogP contribution < -0.4 is 0 Å². The molecule has 0 aliphatic carbocycles. The van der Waals surface area contributed by atoms with E-state index < -0.39 is 5.97 Å². The van der Waals surface area contributed by atoms with E-state index >= 15 is 0 Å². The second kappa shape index (κ2) is 5.98. The first-order valence-electron chi connectivity index (χ1n) is 6.43. The zero-order valence-electron chi connectivity index (χ0n) is 11.2. The third-order valence-electron chi connectivity index (χ3n) is 3.53. The fraction of sp³-hybridized carbons (Fsp3) is 0.769. The topological polar surface area (TPSA) is 74.7 Å². The molecule has 5 nitrogen and oxygen atoms in total. The van der Waals surface area contributed by atoms with E-state index in [4.69, 9.17) is 5.11 Å². The first-order chi connectivity index (χ1) is 8.34. The van der Waals surface area contributed by atoms with Crippen LogP contribution in [-0.2, 0) is 14.4 Å². The minimum absolute atomic E-state index is 0.0983. The molecule has 2 amide bonds. The summed E-state index contributed by atoms with van der Waals surface area (Å²) in [6.45, 7) is 5.28. The molecule has 1 fully saturated rings. The van der Waals surface area contributed by atoms with Gasteiger partial charge in [-0.3, -0.25) is 19.3 Å². The number of aliphatic carboxylic acids is 1. The Hall–Kier alpha value is -1.39. The SMILES string of the molecule is CC(CCCC(C)N1C(=O)CC(C)C1=O)C(=O)O. The number of carboxylic acid groups (broad SMARTS) is 1. The number of likely N-dealkylation sites (tertiary alicyclic amines) is 1. The van der Waals surface area contributed by atoms with Gasteiger partial charge in [0.25, 0.3) is 0 Å². The third-order valence-corrected chi connectivity index (χ3v) is 3.53. The number of carbonyl (C=O) groups excluding carboxylic acids is 2. The Labute approximate surface area is 107 Å². The molecule has 1 aliphatic rings. The molecule has 0 saturated carbocycles. The molecule has 0 aromatic rings. The molecule has 0 spiro atoms. The van der Waals surface area contributed by atoms with Crippen LogP contribution in [-0.4, -0.2) is 33.8 Å². The molecule has 3 atom stereocenters. The van der Waals surface area contributed by atoms with Crippen LogP contribution in [0.3, 0.4) is 0 Å². The van der Waals surface area contributed by atoms with E-state index in [0.717, 1.165) is 0 Å². The minimum Gasteiger partial charge on any atom is -0.481 e. The zero-order chi connectivity index (χ0) is 13.9. The molecule has 1 heterocycles. The standard InChI is InChI=1S/C13H21NO4/c1-8(13(17)18)5-4-6-10(3)14-11(15)7-9(2)12(14)16/h8-10H,4-7H2,1-3H3,(H,17,18). The molecule has 1 rings (SSSR count). The maximum absolute atomic E-state index is 11.8. The summed E-state index contributed by atoms with van der Waals surface area (Å²) in [5.41, 5.74) is 0. The van der Waals surface area contributed by atoms with E-state index in [1.807, 2.05) is 6.92 Å². The monoisotopic (exact) mass is 255 g/mol. The van der Waals surface area contributed by atoms with E-state index in [9.17, 15) is 14.4 Å². The number of nitrogens with zero attached hydrogens (tertiary/aromatic N) is 1. The molecule has 102 valence electrons. The predicted molar refractivity (Wildman–Crippen MR) is 65.7 cm³/mol. The quantitative estimate of drug-likeness (QED) is 0.732. The highest BCUT2D eigenvalue weighted by Crippen LogP contribution is 2.23. The highest BCUT2D eigenvalue weighted by molar-refractivity contribution is 6.03. The van der Waals surface area contributed by atoms with Gasteiger partial charge < -0.3 is 5.11 Å². The smallest absolute Gasteiger partial charge is 0.306 e. The molecule has 1 saturated heterocycles. The zero-order valence-corrected chi connectivity index (χ0v) is 11.2. The first kappa shape index (κ1) is 14.7. The lowest BCUT2D eigenvalue weighted by Crippen LogP contribution is -2.38. The molecule has 1 aliphatic heterocycles. The van der Waals surface area contributed by atoms with E-state index in [0.29, 0.717) is 25.7 Å². The van der Waals surface area contributed by atoms with Crippen LogP contribution in [0, 0.1) is 11.8 Å². The number of amides is 2. The van der Waals surface area contributed by atoms with Gasteiger partial charge in [-0.05, 0) is 19.8 Å². The average molecular weight is 255 g/mol. The van der Waals surface area contributed by atoms with Crippen LogP contribution in [0.5, 0.6) is 0 Å². The van der Waals surface area contributed by atoms with Gasteiger partial charge in [-0.25, -0.2) is 0 Å². The summed E-state index contributed by atoms with van der Waals surface area (Å²) in [6, 6.07) is -0.129. The predicted octanol–water partition coefficient (Wildman–Crippen LogP) is 1.66. The van der Waals surface area contributed by atoms with Gasteiger partial charge in [0, 0.05) is 18.4 Å². The summed E-state index contributed by atoms with van der Waals surface area (Å²) in [4.78, 5) is 35.4. The summed E-state index contributed by atoms with van der Waals surface area (Å²) in [5.74, 6) is -1.59. The second-order valence-corrected chi connectivity index (χ2v) is 5.23. The lowest BCUT2D eigenvalue weighted by atomic mass is 10.0. The normalized spacial score (nSPS) is 23.3. The third kappa shape index (κ3) is 3.31. The van der Waals surface area contributed by atoms with Gasteiger partial charge in [0.05, 0.1) is 5.92 Å². The second-order valence-electron chi connectivity index (χ2n) is 5.23. The fourth-order valence-corrected chi connectivity index (χ4v) is 2.24. The Balaban J connectivity index is 2.42. The van der Waals surface area contributed by atoms with Crippen molar-refractivity contribution < 1.29 is 19.5 Å². The van der Waals surface area contributed by atoms with Gasteiger partial charge in [-0.1, -0.05) is 20.3 Å². The van der Waals surface area contributed by atoms with Gasteiger partial charge in [0.15, 0.2) is 0 Å². The van der Waals surface area contributed by atoms with Crippen molar-refractivity contribution in [2.75, 3.05) is 0 Å². The maximum atomic E-state index is 11.8. The van der Waals surface area contributed by atoms with Crippen molar-refractivity contribution in [3.05, 3.63) is 0 Å². The van der Waals surface area contributed by atoms with Gasteiger partial charge >= 0.3 is 5.97 Å². The molecule has 3 unspecified atom stereocenters. The Kier molecular flexibility index (Phi) is 4.87. The Morgan fingerprint density at radius 1 is 1.39 bits per heavy atom. The van der Waals surface area contributed by atoms with E-state index in [-0.39, 0.29) is 29.7 Å². The van der Waals surface area contributed by atoms with Crippen LogP contribution in [0.25, 0.3) is 0 Å². The molecule has 1 N–H and O–H groups in total. The van der Waals surface area contributed by atoms with Crippen molar-refractivity contribution in [2.24, 2.45) is 11.8 Å². The van der Waals surface area contributed by atoms with Crippen molar-refractivity contribution in [3.8, 4) is 0 Å². The lowest BCUT2D eigenvalue weighted by molar-refractivity contribution is -0.143. The highest BCUT2D eigenvalue weighted by Gasteiger charge is 2.38. The maximum Gasteiger partial charge on any atom is 0.306 e. The van der Waals surface area contributed by atoms with E-state index in [1.54, 1.807) is 13.8 Å². The van der Waals surface area contributed by atoms with Crippen LogP contribution in [0.2, 0.25) is 0 Å². The fourth-order valence-electron chi connectivity index (χ4n) is 2.24. The van der Waals surface area contributed by atoms with Crippen LogP contribution in [0.4, 0.5) is 0 Å². The van der Waals surface area contributed by atoms with Crippen LogP contribution in [0.1, 0.15) is 46.5 Å². The van der Waals surface area contributed by atoms with Crippen molar-refractivity contribution in [3.63, 3.8) is 0 Å². The number of carboxylic acids is 1. The van der Waals surface area contributed by atoms with E-state index in [1.165, 1.54) is 4.90 Å². The van der Waals surface area contributed by atoms with Gasteiger partial charge in [-0.15, -0.1) is 0 Å². The van der Waals surface area contributed by atoms with Gasteiger partial charge in [-0.2, -0.15) is 0 Å². The molecular formula is C13H21NO4. The van der Waals surface area contributed by atoms with E-state index in [2.05, 4.69) is 0 Å². The van der Waals surface area contributed by atoms with Crippen molar-refractivity contribution in [1.29, 1.82) is 0 Å². The number of hydrogen-bond acceptors (Lipinski definition) is 3. The molecule has 0 aromatic carbocycles. The van der Waals surface area contributed by atoms with Gasteiger partial charge in [0.2, 0.25) is 11.8 Å². The molecule has 0 radical (unpaired) electrons. The summed E-state index contributed by atoms with van der Waals surface area (Å²) < 4.78 is 0. The summed E-state index contributed by atoms with van der Waals surface area (Å²) in [5, 5.41) is 8.76. The van der Waals surface area contributed by atoms with Crippen molar-refractivity contribution in [2.45, 2.75) is 52.5 Å². The van der Waals surface area contributed by atoms with Crippen molar-refractivity contribution in [1.82, 2.24) is 4.90 Å². The highest BCUT2D eigenvalue weighted by atomic mass is 16.4. The average Bonchev–Trinajstić information content (AvgIpc) is 2.52. The first-order valence-corrected chi connectivity index (χ1v) is 6.43. The Bertz CT molecular complexity index is 353. The summed E-state index contributed by atoms with van der Waals surface area (Å²) in [7, 11) is 0. The number of imide groups is 1. The van der Waals surface area contributed by atoms with Crippen LogP contribution in [0.15, 0.2) is 0 Å². The van der Waals surface area contributed by atoms with Gasteiger partial charge in [0.1, 0.15) is 0 Å². The molecular weight excluding hydrogens is 234 g/mol.